The molecule has 1 heterocycles. The molecule has 4 heteroatoms. The average molecular weight is 145 g/mol. The molecule has 0 aliphatic carbocycles. The van der Waals surface area contributed by atoms with E-state index in [1.165, 1.54) is 7.11 Å². The quantitative estimate of drug-likeness (QED) is 0.576. The van der Waals surface area contributed by atoms with Gasteiger partial charge in [-0.1, -0.05) is 0 Å². The molecule has 1 saturated heterocycles. The summed E-state index contributed by atoms with van der Waals surface area (Å²) in [6, 6.07) is 0. The Kier molecular flexibility index (Phi) is 1.92. The highest BCUT2D eigenvalue weighted by Crippen LogP contribution is 2.25. The van der Waals surface area contributed by atoms with E-state index in [0.717, 1.165) is 6.42 Å². The van der Waals surface area contributed by atoms with E-state index < -0.39 is 11.7 Å². The first-order valence-electron chi connectivity index (χ1n) is 3.20. The van der Waals surface area contributed by atoms with Gasteiger partial charge in [0, 0.05) is 13.5 Å². The van der Waals surface area contributed by atoms with Crippen LogP contribution in [0.3, 0.4) is 0 Å². The largest absolute Gasteiger partial charge is 0.365 e. The summed E-state index contributed by atoms with van der Waals surface area (Å²) >= 11 is 0. The van der Waals surface area contributed by atoms with Gasteiger partial charge in [0.25, 0.3) is 5.91 Å². The summed E-state index contributed by atoms with van der Waals surface area (Å²) in [7, 11) is 1.43. The number of nitrogens with two attached hydrogens (primary N) is 1. The molecule has 0 spiro atoms. The molecule has 4 nitrogen and oxygen atoms in total. The van der Waals surface area contributed by atoms with Gasteiger partial charge in [-0.2, -0.15) is 0 Å². The van der Waals surface area contributed by atoms with Crippen molar-refractivity contribution < 1.29 is 14.3 Å². The lowest BCUT2D eigenvalue weighted by Gasteiger charge is -2.21. The zero-order valence-electron chi connectivity index (χ0n) is 5.92. The number of hydrogen-bond donors (Lipinski definition) is 1. The molecule has 0 aromatic rings. The van der Waals surface area contributed by atoms with Crippen molar-refractivity contribution in [1.82, 2.24) is 0 Å². The Hall–Kier alpha value is -0.610. The molecule has 58 valence electrons. The monoisotopic (exact) mass is 145 g/mol. The maximum atomic E-state index is 10.7. The van der Waals surface area contributed by atoms with Crippen molar-refractivity contribution in [1.29, 1.82) is 0 Å². The molecular formula is C6H11NO3. The van der Waals surface area contributed by atoms with Gasteiger partial charge in [-0.25, -0.2) is 0 Å². The molecular weight excluding hydrogens is 134 g/mol. The van der Waals surface area contributed by atoms with Crippen LogP contribution in [-0.4, -0.2) is 25.4 Å². The summed E-state index contributed by atoms with van der Waals surface area (Å²) in [4.78, 5) is 10.7. The minimum atomic E-state index is -1.12. The van der Waals surface area contributed by atoms with Crippen molar-refractivity contribution in [3.63, 3.8) is 0 Å². The number of ether oxygens (including phenoxy) is 2. The molecule has 2 N–H and O–H groups in total. The van der Waals surface area contributed by atoms with E-state index >= 15 is 0 Å². The van der Waals surface area contributed by atoms with E-state index in [0.29, 0.717) is 13.0 Å². The van der Waals surface area contributed by atoms with Gasteiger partial charge in [-0.15, -0.1) is 0 Å². The van der Waals surface area contributed by atoms with Crippen LogP contribution in [0.25, 0.3) is 0 Å². The first-order chi connectivity index (χ1) is 4.71. The number of amides is 1. The summed E-state index contributed by atoms with van der Waals surface area (Å²) in [6.07, 6.45) is 1.40. The van der Waals surface area contributed by atoms with Crippen LogP contribution in [0.1, 0.15) is 12.8 Å². The Morgan fingerprint density at radius 2 is 2.50 bits per heavy atom. The van der Waals surface area contributed by atoms with E-state index in [2.05, 4.69) is 0 Å². The first-order valence-corrected chi connectivity index (χ1v) is 3.20. The fourth-order valence-electron chi connectivity index (χ4n) is 1.07. The lowest BCUT2D eigenvalue weighted by molar-refractivity contribution is -0.197. The molecule has 1 amide bonds. The van der Waals surface area contributed by atoms with Crippen molar-refractivity contribution in [2.75, 3.05) is 13.7 Å². The lowest BCUT2D eigenvalue weighted by atomic mass is 10.2. The van der Waals surface area contributed by atoms with Crippen LogP contribution in [0.2, 0.25) is 0 Å². The van der Waals surface area contributed by atoms with Crippen molar-refractivity contribution in [2.45, 2.75) is 18.6 Å². The van der Waals surface area contributed by atoms with Crippen LogP contribution in [0, 0.1) is 0 Å². The van der Waals surface area contributed by atoms with Gasteiger partial charge >= 0.3 is 0 Å². The fraction of sp³-hybridized carbons (Fsp3) is 0.833. The number of methoxy groups -OCH3 is 1. The molecule has 1 fully saturated rings. The Bertz CT molecular complexity index is 140. The Morgan fingerprint density at radius 3 is 2.70 bits per heavy atom. The van der Waals surface area contributed by atoms with Crippen molar-refractivity contribution >= 4 is 5.91 Å². The van der Waals surface area contributed by atoms with Crippen molar-refractivity contribution in [3.05, 3.63) is 0 Å². The summed E-state index contributed by atoms with van der Waals surface area (Å²) < 4.78 is 9.92. The highest BCUT2D eigenvalue weighted by atomic mass is 16.7. The Morgan fingerprint density at radius 1 is 1.80 bits per heavy atom. The maximum Gasteiger partial charge on any atom is 0.277 e. The molecule has 0 saturated carbocycles. The second-order valence-electron chi connectivity index (χ2n) is 2.27. The Labute approximate surface area is 59.3 Å². The third-order valence-electron chi connectivity index (χ3n) is 1.69. The van der Waals surface area contributed by atoms with Crippen LogP contribution in [0.5, 0.6) is 0 Å². The van der Waals surface area contributed by atoms with E-state index in [1.807, 2.05) is 0 Å². The molecule has 0 radical (unpaired) electrons. The summed E-state index contributed by atoms with van der Waals surface area (Å²) in [5.41, 5.74) is 5.05. The predicted octanol–water partition coefficient (Wildman–Crippen LogP) is -0.375. The molecule has 1 unspecified atom stereocenters. The van der Waals surface area contributed by atoms with Gasteiger partial charge in [0.2, 0.25) is 5.79 Å². The van der Waals surface area contributed by atoms with Gasteiger partial charge in [-0.05, 0) is 6.42 Å². The first kappa shape index (κ1) is 7.50. The smallest absolute Gasteiger partial charge is 0.277 e. The third kappa shape index (κ3) is 0.998. The van der Waals surface area contributed by atoms with E-state index in [1.54, 1.807) is 0 Å². The van der Waals surface area contributed by atoms with Gasteiger partial charge in [0.15, 0.2) is 0 Å². The second kappa shape index (κ2) is 2.56. The zero-order valence-corrected chi connectivity index (χ0v) is 5.92. The molecule has 0 aromatic heterocycles. The average Bonchev–Trinajstić information content (AvgIpc) is 2.35. The number of rotatable bonds is 2. The number of hydrogen-bond acceptors (Lipinski definition) is 3. The molecule has 1 rings (SSSR count). The molecule has 10 heavy (non-hydrogen) atoms. The minimum Gasteiger partial charge on any atom is -0.365 e. The van der Waals surface area contributed by atoms with Crippen LogP contribution in [-0.2, 0) is 14.3 Å². The van der Waals surface area contributed by atoms with Crippen LogP contribution >= 0.6 is 0 Å². The van der Waals surface area contributed by atoms with Crippen LogP contribution in [0.15, 0.2) is 0 Å². The molecule has 0 bridgehead atoms. The summed E-state index contributed by atoms with van der Waals surface area (Å²) in [5.74, 6) is -1.66. The van der Waals surface area contributed by atoms with Crippen LogP contribution in [0.4, 0.5) is 0 Å². The standard InChI is InChI=1S/C6H11NO3/c1-9-6(5(7)8)3-2-4-10-6/h2-4H2,1H3,(H2,7,8). The summed E-state index contributed by atoms with van der Waals surface area (Å²) in [5, 5.41) is 0. The Balaban J connectivity index is 2.67. The third-order valence-corrected chi connectivity index (χ3v) is 1.69. The van der Waals surface area contributed by atoms with Gasteiger partial charge < -0.3 is 15.2 Å². The molecule has 1 aliphatic rings. The normalized spacial score (nSPS) is 32.5. The van der Waals surface area contributed by atoms with Crippen LogP contribution < -0.4 is 5.73 Å². The summed E-state index contributed by atoms with van der Waals surface area (Å²) in [6.45, 7) is 0.552. The van der Waals surface area contributed by atoms with Gasteiger partial charge in [0.1, 0.15) is 0 Å². The molecule has 1 atom stereocenters. The number of carbonyl (C=O) groups is 1. The van der Waals surface area contributed by atoms with Crippen molar-refractivity contribution in [3.8, 4) is 0 Å². The van der Waals surface area contributed by atoms with E-state index in [9.17, 15) is 4.79 Å². The molecule has 1 aliphatic heterocycles. The lowest BCUT2D eigenvalue weighted by Crippen LogP contribution is -2.44. The zero-order chi connectivity index (χ0) is 7.61. The van der Waals surface area contributed by atoms with E-state index in [-0.39, 0.29) is 0 Å². The highest BCUT2D eigenvalue weighted by molar-refractivity contribution is 5.82. The van der Waals surface area contributed by atoms with Gasteiger partial charge in [-0.3, -0.25) is 4.79 Å². The maximum absolute atomic E-state index is 10.7. The minimum absolute atomic E-state index is 0.535. The highest BCUT2D eigenvalue weighted by Gasteiger charge is 2.41. The van der Waals surface area contributed by atoms with Crippen molar-refractivity contribution in [2.24, 2.45) is 5.73 Å². The van der Waals surface area contributed by atoms with E-state index in [4.69, 9.17) is 15.2 Å². The SMILES string of the molecule is COC1(C(N)=O)CCCO1. The van der Waals surface area contributed by atoms with Gasteiger partial charge in [0.05, 0.1) is 6.61 Å². The fourth-order valence-corrected chi connectivity index (χ4v) is 1.07. The molecule has 0 aromatic carbocycles. The number of primary amides is 1. The number of carbonyl (C=O) groups excluding carboxylic acids is 1. The second-order valence-corrected chi connectivity index (χ2v) is 2.27. The predicted molar refractivity (Wildman–Crippen MR) is 34.1 cm³/mol. The topological polar surface area (TPSA) is 61.5 Å².